The van der Waals surface area contributed by atoms with Crippen molar-refractivity contribution in [1.29, 1.82) is 0 Å². The van der Waals surface area contributed by atoms with E-state index in [-0.39, 0.29) is 11.9 Å². The van der Waals surface area contributed by atoms with Crippen molar-refractivity contribution in [2.45, 2.75) is 45.9 Å². The lowest BCUT2D eigenvalue weighted by Gasteiger charge is -2.11. The van der Waals surface area contributed by atoms with E-state index < -0.39 is 0 Å². The van der Waals surface area contributed by atoms with E-state index in [1.165, 1.54) is 16.7 Å². The molecule has 0 saturated carbocycles. The first-order chi connectivity index (χ1) is 8.51. The topological polar surface area (TPSA) is 29.1 Å². The number of nitrogens with one attached hydrogen (secondary N) is 1. The van der Waals surface area contributed by atoms with Gasteiger partial charge in [0.2, 0.25) is 5.91 Å². The predicted molar refractivity (Wildman–Crippen MR) is 80.0 cm³/mol. The van der Waals surface area contributed by atoms with Gasteiger partial charge in [-0.25, -0.2) is 0 Å². The Hall–Kier alpha value is -0.960. The highest BCUT2D eigenvalue weighted by molar-refractivity contribution is 7.99. The second-order valence-electron chi connectivity index (χ2n) is 4.87. The Morgan fingerprint density at radius 1 is 1.28 bits per heavy atom. The third kappa shape index (κ3) is 5.58. The van der Waals surface area contributed by atoms with Crippen LogP contribution in [0.25, 0.3) is 0 Å². The summed E-state index contributed by atoms with van der Waals surface area (Å²) in [5.74, 6) is 1.58. The molecule has 0 spiro atoms. The van der Waals surface area contributed by atoms with Crippen molar-refractivity contribution in [3.05, 3.63) is 34.9 Å². The lowest BCUT2D eigenvalue weighted by Crippen LogP contribution is -2.33. The molecule has 0 bridgehead atoms. The molecule has 0 aliphatic carbocycles. The van der Waals surface area contributed by atoms with Crippen molar-refractivity contribution in [3.63, 3.8) is 0 Å². The molecule has 100 valence electrons. The highest BCUT2D eigenvalue weighted by Crippen LogP contribution is 2.15. The average Bonchev–Trinajstić information content (AvgIpc) is 2.27. The average molecular weight is 265 g/mol. The maximum atomic E-state index is 11.6. The van der Waals surface area contributed by atoms with E-state index >= 15 is 0 Å². The molecule has 0 aromatic heterocycles. The molecule has 1 aromatic carbocycles. The quantitative estimate of drug-likeness (QED) is 0.853. The van der Waals surface area contributed by atoms with Gasteiger partial charge in [0.05, 0.1) is 5.75 Å². The van der Waals surface area contributed by atoms with E-state index in [1.807, 2.05) is 6.92 Å². The summed E-state index contributed by atoms with van der Waals surface area (Å²) in [4.78, 5) is 11.6. The van der Waals surface area contributed by atoms with Crippen LogP contribution in [0.1, 0.15) is 37.0 Å². The molecule has 1 amide bonds. The monoisotopic (exact) mass is 265 g/mol. The molecule has 2 nitrogen and oxygen atoms in total. The Labute approximate surface area is 115 Å². The number of rotatable bonds is 6. The third-order valence-electron chi connectivity index (χ3n) is 2.80. The number of thioether (sulfide) groups is 1. The van der Waals surface area contributed by atoms with Gasteiger partial charge in [-0.05, 0) is 32.8 Å². The van der Waals surface area contributed by atoms with E-state index in [0.717, 1.165) is 12.2 Å². The van der Waals surface area contributed by atoms with Crippen LogP contribution in [0, 0.1) is 13.8 Å². The molecule has 1 aromatic rings. The van der Waals surface area contributed by atoms with E-state index in [2.05, 4.69) is 44.3 Å². The van der Waals surface area contributed by atoms with E-state index in [4.69, 9.17) is 0 Å². The van der Waals surface area contributed by atoms with Crippen LogP contribution in [0.15, 0.2) is 18.2 Å². The standard InChI is InChI=1S/C15H23NOS/c1-5-13(4)16-15(17)10-18-9-14-7-11(2)6-12(3)8-14/h6-8,13H,5,9-10H2,1-4H3,(H,16,17)/t13-/m0/s1. The molecule has 3 heteroatoms. The van der Waals surface area contributed by atoms with Crippen LogP contribution < -0.4 is 5.32 Å². The Morgan fingerprint density at radius 3 is 2.44 bits per heavy atom. The number of hydrogen-bond acceptors (Lipinski definition) is 2. The van der Waals surface area contributed by atoms with Gasteiger partial charge in [-0.3, -0.25) is 4.79 Å². The number of amides is 1. The summed E-state index contributed by atoms with van der Waals surface area (Å²) in [6.45, 7) is 8.33. The number of aryl methyl sites for hydroxylation is 2. The van der Waals surface area contributed by atoms with E-state index in [1.54, 1.807) is 11.8 Å². The molecular formula is C15H23NOS. The van der Waals surface area contributed by atoms with E-state index in [0.29, 0.717) is 5.75 Å². The largest absolute Gasteiger partial charge is 0.353 e. The molecule has 0 radical (unpaired) electrons. The summed E-state index contributed by atoms with van der Waals surface area (Å²) >= 11 is 1.67. The fraction of sp³-hybridized carbons (Fsp3) is 0.533. The first-order valence-electron chi connectivity index (χ1n) is 6.45. The summed E-state index contributed by atoms with van der Waals surface area (Å²) in [6, 6.07) is 6.82. The van der Waals surface area contributed by atoms with Crippen LogP contribution in [0.2, 0.25) is 0 Å². The zero-order valence-corrected chi connectivity index (χ0v) is 12.6. The van der Waals surface area contributed by atoms with Gasteiger partial charge >= 0.3 is 0 Å². The maximum absolute atomic E-state index is 11.6. The Morgan fingerprint density at radius 2 is 1.89 bits per heavy atom. The molecule has 0 heterocycles. The molecule has 0 unspecified atom stereocenters. The van der Waals surface area contributed by atoms with Crippen molar-refractivity contribution in [2.24, 2.45) is 0 Å². The van der Waals surface area contributed by atoms with E-state index in [9.17, 15) is 4.79 Å². The summed E-state index contributed by atoms with van der Waals surface area (Å²) in [5.41, 5.74) is 3.87. The number of benzene rings is 1. The molecule has 0 saturated heterocycles. The Bertz CT molecular complexity index is 383. The van der Waals surface area contributed by atoms with Crippen molar-refractivity contribution in [2.75, 3.05) is 5.75 Å². The van der Waals surface area contributed by atoms with Gasteiger partial charge in [0.15, 0.2) is 0 Å². The maximum Gasteiger partial charge on any atom is 0.230 e. The number of hydrogen-bond donors (Lipinski definition) is 1. The van der Waals surface area contributed by atoms with Crippen molar-refractivity contribution < 1.29 is 4.79 Å². The van der Waals surface area contributed by atoms with Crippen LogP contribution in [-0.2, 0) is 10.5 Å². The molecular weight excluding hydrogens is 242 g/mol. The molecule has 1 rings (SSSR count). The van der Waals surface area contributed by atoms with Crippen molar-refractivity contribution >= 4 is 17.7 Å². The van der Waals surface area contributed by atoms with Crippen LogP contribution >= 0.6 is 11.8 Å². The zero-order valence-electron chi connectivity index (χ0n) is 11.7. The van der Waals surface area contributed by atoms with Gasteiger partial charge in [-0.2, -0.15) is 0 Å². The summed E-state index contributed by atoms with van der Waals surface area (Å²) in [5, 5.41) is 2.98. The molecule has 0 fully saturated rings. The minimum Gasteiger partial charge on any atom is -0.353 e. The SMILES string of the molecule is CC[C@H](C)NC(=O)CSCc1cc(C)cc(C)c1. The highest BCUT2D eigenvalue weighted by atomic mass is 32.2. The first-order valence-corrected chi connectivity index (χ1v) is 7.61. The smallest absolute Gasteiger partial charge is 0.230 e. The molecule has 0 aliphatic rings. The molecule has 1 N–H and O–H groups in total. The van der Waals surface area contributed by atoms with Gasteiger partial charge in [-0.1, -0.05) is 36.2 Å². The molecule has 1 atom stereocenters. The number of carbonyl (C=O) groups is 1. The predicted octanol–water partition coefficient (Wildman–Crippen LogP) is 3.45. The second-order valence-corrected chi connectivity index (χ2v) is 5.85. The zero-order chi connectivity index (χ0) is 13.5. The third-order valence-corrected chi connectivity index (χ3v) is 3.81. The van der Waals surface area contributed by atoms with Crippen LogP contribution in [-0.4, -0.2) is 17.7 Å². The van der Waals surface area contributed by atoms with Gasteiger partial charge in [0.25, 0.3) is 0 Å². The van der Waals surface area contributed by atoms with Crippen LogP contribution in [0.3, 0.4) is 0 Å². The lowest BCUT2D eigenvalue weighted by molar-refractivity contribution is -0.119. The van der Waals surface area contributed by atoms with Gasteiger partial charge in [-0.15, -0.1) is 11.8 Å². The summed E-state index contributed by atoms with van der Waals surface area (Å²) in [7, 11) is 0. The summed E-state index contributed by atoms with van der Waals surface area (Å²) < 4.78 is 0. The van der Waals surface area contributed by atoms with Crippen LogP contribution in [0.4, 0.5) is 0 Å². The molecule has 18 heavy (non-hydrogen) atoms. The fourth-order valence-electron chi connectivity index (χ4n) is 1.83. The van der Waals surface area contributed by atoms with Gasteiger partial charge in [0, 0.05) is 11.8 Å². The van der Waals surface area contributed by atoms with Gasteiger partial charge in [0.1, 0.15) is 0 Å². The fourth-order valence-corrected chi connectivity index (χ4v) is 2.61. The van der Waals surface area contributed by atoms with Crippen molar-refractivity contribution in [1.82, 2.24) is 5.32 Å². The lowest BCUT2D eigenvalue weighted by atomic mass is 10.1. The summed E-state index contributed by atoms with van der Waals surface area (Å²) in [6.07, 6.45) is 0.980. The first kappa shape index (κ1) is 15.1. The second kappa shape index (κ2) is 7.47. The highest BCUT2D eigenvalue weighted by Gasteiger charge is 2.05. The van der Waals surface area contributed by atoms with Crippen molar-refractivity contribution in [3.8, 4) is 0 Å². The number of carbonyl (C=O) groups excluding carboxylic acids is 1. The van der Waals surface area contributed by atoms with Gasteiger partial charge < -0.3 is 5.32 Å². The normalized spacial score (nSPS) is 12.2. The Balaban J connectivity index is 2.35. The Kier molecular flexibility index (Phi) is 6.27. The molecule has 0 aliphatic heterocycles. The minimum atomic E-state index is 0.138. The minimum absolute atomic E-state index is 0.138. The van der Waals surface area contributed by atoms with Crippen LogP contribution in [0.5, 0.6) is 0 Å².